The highest BCUT2D eigenvalue weighted by Crippen LogP contribution is 2.24. The van der Waals surface area contributed by atoms with E-state index in [1.165, 1.54) is 22.3 Å². The van der Waals surface area contributed by atoms with E-state index in [1.807, 2.05) is 0 Å². The van der Waals surface area contributed by atoms with Crippen LogP contribution < -0.4 is 5.73 Å². The molecule has 2 N–H and O–H groups in total. The summed E-state index contributed by atoms with van der Waals surface area (Å²) in [5.74, 6) is 0. The van der Waals surface area contributed by atoms with E-state index in [9.17, 15) is 0 Å². The summed E-state index contributed by atoms with van der Waals surface area (Å²) in [6.07, 6.45) is 3.12. The summed E-state index contributed by atoms with van der Waals surface area (Å²) in [5, 5.41) is 0. The molecule has 2 aromatic carbocycles. The molecule has 0 aliphatic heterocycles. The Kier molecular flexibility index (Phi) is 5.42. The van der Waals surface area contributed by atoms with Crippen molar-refractivity contribution in [1.82, 2.24) is 0 Å². The third kappa shape index (κ3) is 4.45. The summed E-state index contributed by atoms with van der Waals surface area (Å²) >= 11 is 0. The van der Waals surface area contributed by atoms with Crippen LogP contribution in [0.1, 0.15) is 62.4 Å². The van der Waals surface area contributed by atoms with Gasteiger partial charge in [-0.15, -0.1) is 0 Å². The second-order valence-corrected chi connectivity index (χ2v) is 7.19. The highest BCUT2D eigenvalue weighted by Gasteiger charge is 2.14. The highest BCUT2D eigenvalue weighted by atomic mass is 14.6. The van der Waals surface area contributed by atoms with E-state index < -0.39 is 0 Å². The van der Waals surface area contributed by atoms with Gasteiger partial charge in [-0.05, 0) is 46.9 Å². The summed E-state index contributed by atoms with van der Waals surface area (Å²) in [6, 6.07) is 17.8. The molecule has 1 atom stereocenters. The zero-order valence-electron chi connectivity index (χ0n) is 14.4. The first-order valence-corrected chi connectivity index (χ1v) is 8.34. The lowest BCUT2D eigenvalue weighted by Gasteiger charge is -2.20. The third-order valence-corrected chi connectivity index (χ3v) is 4.38. The Morgan fingerprint density at radius 3 is 1.91 bits per heavy atom. The van der Waals surface area contributed by atoms with Crippen molar-refractivity contribution < 1.29 is 0 Å². The van der Waals surface area contributed by atoms with E-state index >= 15 is 0 Å². The number of aryl methyl sites for hydroxylation is 2. The molecule has 0 amide bonds. The molecule has 22 heavy (non-hydrogen) atoms. The van der Waals surface area contributed by atoms with Crippen molar-refractivity contribution in [3.05, 3.63) is 70.8 Å². The van der Waals surface area contributed by atoms with Gasteiger partial charge in [0.15, 0.2) is 0 Å². The fourth-order valence-electron chi connectivity index (χ4n) is 2.66. The largest absolute Gasteiger partial charge is 0.324 e. The van der Waals surface area contributed by atoms with Crippen molar-refractivity contribution in [2.24, 2.45) is 5.73 Å². The molecule has 0 saturated carbocycles. The molecule has 118 valence electrons. The lowest BCUT2D eigenvalue weighted by Crippen LogP contribution is -2.14. The van der Waals surface area contributed by atoms with Crippen molar-refractivity contribution in [1.29, 1.82) is 0 Å². The zero-order chi connectivity index (χ0) is 16.2. The Labute approximate surface area is 135 Å². The van der Waals surface area contributed by atoms with Crippen LogP contribution in [0.2, 0.25) is 0 Å². The Hall–Kier alpha value is -1.60. The first kappa shape index (κ1) is 16.8. The maximum atomic E-state index is 6.36. The van der Waals surface area contributed by atoms with Gasteiger partial charge >= 0.3 is 0 Å². The van der Waals surface area contributed by atoms with Crippen LogP contribution in [0.5, 0.6) is 0 Å². The standard InChI is InChI=1S/C21H29N/c1-5-16-6-8-17(9-7-16)10-15-20(22)18-11-13-19(14-12-18)21(2,3)4/h6-9,11-14,20H,5,10,15,22H2,1-4H3. The quantitative estimate of drug-likeness (QED) is 0.808. The highest BCUT2D eigenvalue weighted by molar-refractivity contribution is 5.29. The molecule has 0 bridgehead atoms. The average Bonchev–Trinajstić information content (AvgIpc) is 2.52. The van der Waals surface area contributed by atoms with E-state index in [-0.39, 0.29) is 11.5 Å². The van der Waals surface area contributed by atoms with Gasteiger partial charge in [-0.25, -0.2) is 0 Å². The van der Waals surface area contributed by atoms with Gasteiger partial charge < -0.3 is 5.73 Å². The van der Waals surface area contributed by atoms with Crippen LogP contribution in [0.15, 0.2) is 48.5 Å². The Morgan fingerprint density at radius 1 is 0.864 bits per heavy atom. The molecule has 0 radical (unpaired) electrons. The molecule has 1 heteroatoms. The van der Waals surface area contributed by atoms with Crippen molar-refractivity contribution in [3.8, 4) is 0 Å². The van der Waals surface area contributed by atoms with E-state index in [4.69, 9.17) is 5.73 Å². The second kappa shape index (κ2) is 7.11. The molecule has 0 aliphatic rings. The van der Waals surface area contributed by atoms with Gasteiger partial charge in [0.2, 0.25) is 0 Å². The fraction of sp³-hybridized carbons (Fsp3) is 0.429. The van der Waals surface area contributed by atoms with E-state index in [2.05, 4.69) is 76.2 Å². The molecule has 0 aliphatic carbocycles. The van der Waals surface area contributed by atoms with Gasteiger partial charge in [0.1, 0.15) is 0 Å². The smallest absolute Gasteiger partial charge is 0.0298 e. The molecule has 2 aromatic rings. The zero-order valence-corrected chi connectivity index (χ0v) is 14.4. The lowest BCUT2D eigenvalue weighted by molar-refractivity contribution is 0.588. The van der Waals surface area contributed by atoms with Crippen molar-refractivity contribution >= 4 is 0 Å². The third-order valence-electron chi connectivity index (χ3n) is 4.38. The minimum atomic E-state index is 0.111. The number of hydrogen-bond donors (Lipinski definition) is 1. The molecular weight excluding hydrogens is 266 g/mol. The molecule has 0 aromatic heterocycles. The Bertz CT molecular complexity index is 573. The average molecular weight is 295 g/mol. The number of benzene rings is 2. The lowest BCUT2D eigenvalue weighted by atomic mass is 9.86. The monoisotopic (exact) mass is 295 g/mol. The number of hydrogen-bond acceptors (Lipinski definition) is 1. The molecule has 1 unspecified atom stereocenters. The van der Waals surface area contributed by atoms with Gasteiger partial charge in [0.05, 0.1) is 0 Å². The SMILES string of the molecule is CCc1ccc(CCC(N)c2ccc(C(C)(C)C)cc2)cc1. The molecule has 0 spiro atoms. The van der Waals surface area contributed by atoms with Crippen LogP contribution in [0.4, 0.5) is 0 Å². The molecule has 1 nitrogen and oxygen atoms in total. The summed E-state index contributed by atoms with van der Waals surface area (Å²) in [6.45, 7) is 8.90. The number of nitrogens with two attached hydrogens (primary N) is 1. The van der Waals surface area contributed by atoms with Gasteiger partial charge in [0.25, 0.3) is 0 Å². The van der Waals surface area contributed by atoms with E-state index in [0.29, 0.717) is 0 Å². The molecule has 0 fully saturated rings. The first-order valence-electron chi connectivity index (χ1n) is 8.34. The van der Waals surface area contributed by atoms with Gasteiger partial charge in [0, 0.05) is 6.04 Å². The molecule has 0 heterocycles. The number of rotatable bonds is 5. The topological polar surface area (TPSA) is 26.0 Å². The van der Waals surface area contributed by atoms with Crippen LogP contribution in [0.3, 0.4) is 0 Å². The van der Waals surface area contributed by atoms with Crippen LogP contribution in [-0.4, -0.2) is 0 Å². The van der Waals surface area contributed by atoms with Crippen LogP contribution >= 0.6 is 0 Å². The minimum absolute atomic E-state index is 0.111. The Balaban J connectivity index is 1.95. The Morgan fingerprint density at radius 2 is 1.41 bits per heavy atom. The molecule has 2 rings (SSSR count). The maximum Gasteiger partial charge on any atom is 0.0298 e. The normalized spacial score (nSPS) is 13.1. The van der Waals surface area contributed by atoms with Crippen LogP contribution in [0.25, 0.3) is 0 Å². The van der Waals surface area contributed by atoms with Crippen LogP contribution in [-0.2, 0) is 18.3 Å². The van der Waals surface area contributed by atoms with Gasteiger partial charge in [-0.2, -0.15) is 0 Å². The van der Waals surface area contributed by atoms with E-state index in [0.717, 1.165) is 19.3 Å². The van der Waals surface area contributed by atoms with Crippen molar-refractivity contribution in [3.63, 3.8) is 0 Å². The van der Waals surface area contributed by atoms with Crippen LogP contribution in [0, 0.1) is 0 Å². The first-order chi connectivity index (χ1) is 10.4. The summed E-state index contributed by atoms with van der Waals surface area (Å²) in [4.78, 5) is 0. The summed E-state index contributed by atoms with van der Waals surface area (Å²) in [5.41, 5.74) is 11.9. The maximum absolute atomic E-state index is 6.36. The molecule has 0 saturated heterocycles. The van der Waals surface area contributed by atoms with Gasteiger partial charge in [-0.3, -0.25) is 0 Å². The minimum Gasteiger partial charge on any atom is -0.324 e. The summed E-state index contributed by atoms with van der Waals surface area (Å²) in [7, 11) is 0. The fourth-order valence-corrected chi connectivity index (χ4v) is 2.66. The predicted molar refractivity (Wildman–Crippen MR) is 96.2 cm³/mol. The predicted octanol–water partition coefficient (Wildman–Crippen LogP) is 5.18. The second-order valence-electron chi connectivity index (χ2n) is 7.19. The van der Waals surface area contributed by atoms with Crippen molar-refractivity contribution in [2.45, 2.75) is 58.4 Å². The van der Waals surface area contributed by atoms with Gasteiger partial charge in [-0.1, -0.05) is 76.2 Å². The van der Waals surface area contributed by atoms with Crippen molar-refractivity contribution in [2.75, 3.05) is 0 Å². The van der Waals surface area contributed by atoms with E-state index in [1.54, 1.807) is 0 Å². The molecular formula is C21H29N. The summed E-state index contributed by atoms with van der Waals surface area (Å²) < 4.78 is 0.